The zero-order chi connectivity index (χ0) is 22.1. The summed E-state index contributed by atoms with van der Waals surface area (Å²) in [6.07, 6.45) is 4.99. The molecule has 5 nitrogen and oxygen atoms in total. The van der Waals surface area contributed by atoms with Crippen LogP contribution in [0.5, 0.6) is 11.5 Å². The van der Waals surface area contributed by atoms with E-state index in [1.54, 1.807) is 20.2 Å². The van der Waals surface area contributed by atoms with E-state index in [2.05, 4.69) is 16.3 Å². The second-order valence-corrected chi connectivity index (χ2v) is 8.17. The van der Waals surface area contributed by atoms with Crippen LogP contribution in [0.25, 0.3) is 0 Å². The molecule has 2 aromatic carbocycles. The summed E-state index contributed by atoms with van der Waals surface area (Å²) in [6.45, 7) is 3.29. The normalized spacial score (nSPS) is 13.3. The zero-order valence-electron chi connectivity index (χ0n) is 18.5. The fourth-order valence-corrected chi connectivity index (χ4v) is 3.61. The highest BCUT2D eigenvalue weighted by molar-refractivity contribution is 5.75. The summed E-state index contributed by atoms with van der Waals surface area (Å²) in [7, 11) is 3.32. The van der Waals surface area contributed by atoms with Crippen LogP contribution in [-0.4, -0.2) is 44.6 Å². The summed E-state index contributed by atoms with van der Waals surface area (Å²) in [6, 6.07) is 12.4. The Morgan fingerprint density at radius 1 is 1.13 bits per heavy atom. The standard InChI is InChI=1S/C25H33FN2O3/c1-27-25(29)7-4-13-28(17-20-8-9-20)14-12-19-10-11-23(24(16-19)30-2)31-18-21-5-3-6-22(26)15-21/h3,5-6,10-11,15-16,20H,4,7-9,12-14,17-18H2,1-2H3,(H,27,29). The van der Waals surface area contributed by atoms with Gasteiger partial charge in [-0.2, -0.15) is 0 Å². The van der Waals surface area contributed by atoms with Crippen LogP contribution >= 0.6 is 0 Å². The van der Waals surface area contributed by atoms with Crippen LogP contribution in [0, 0.1) is 11.7 Å². The maximum Gasteiger partial charge on any atom is 0.219 e. The molecular formula is C25H33FN2O3. The van der Waals surface area contributed by atoms with E-state index in [9.17, 15) is 9.18 Å². The van der Waals surface area contributed by atoms with Gasteiger partial charge in [0.05, 0.1) is 7.11 Å². The number of ether oxygens (including phenoxy) is 2. The molecule has 0 heterocycles. The molecule has 1 aliphatic carbocycles. The molecule has 0 spiro atoms. The highest BCUT2D eigenvalue weighted by Crippen LogP contribution is 2.31. The number of halogens is 1. The first-order valence-corrected chi connectivity index (χ1v) is 11.0. The van der Waals surface area contributed by atoms with Crippen LogP contribution in [0.3, 0.4) is 0 Å². The van der Waals surface area contributed by atoms with E-state index in [0.717, 1.165) is 44.0 Å². The predicted molar refractivity (Wildman–Crippen MR) is 120 cm³/mol. The van der Waals surface area contributed by atoms with Crippen molar-refractivity contribution >= 4 is 5.91 Å². The quantitative estimate of drug-likeness (QED) is 0.520. The molecule has 6 heteroatoms. The van der Waals surface area contributed by atoms with Gasteiger partial charge in [0.2, 0.25) is 5.91 Å². The van der Waals surface area contributed by atoms with Crippen molar-refractivity contribution in [3.05, 3.63) is 59.4 Å². The summed E-state index contributed by atoms with van der Waals surface area (Å²) >= 11 is 0. The summed E-state index contributed by atoms with van der Waals surface area (Å²) < 4.78 is 24.7. The number of carbonyl (C=O) groups is 1. The van der Waals surface area contributed by atoms with E-state index in [-0.39, 0.29) is 18.3 Å². The predicted octanol–water partition coefficient (Wildman–Crippen LogP) is 4.19. The largest absolute Gasteiger partial charge is 0.493 e. The molecule has 1 saturated carbocycles. The molecular weight excluding hydrogens is 395 g/mol. The Balaban J connectivity index is 1.54. The molecule has 0 atom stereocenters. The van der Waals surface area contributed by atoms with Crippen LogP contribution in [0.2, 0.25) is 0 Å². The van der Waals surface area contributed by atoms with Gasteiger partial charge in [0, 0.05) is 26.6 Å². The SMILES string of the molecule is CNC(=O)CCCN(CCc1ccc(OCc2cccc(F)c2)c(OC)c1)CC1CC1. The number of benzene rings is 2. The van der Waals surface area contributed by atoms with Gasteiger partial charge in [-0.05, 0) is 73.5 Å². The van der Waals surface area contributed by atoms with Gasteiger partial charge >= 0.3 is 0 Å². The highest BCUT2D eigenvalue weighted by atomic mass is 19.1. The van der Waals surface area contributed by atoms with Crippen LogP contribution in [-0.2, 0) is 17.8 Å². The first kappa shape index (κ1) is 23.1. The lowest BCUT2D eigenvalue weighted by Crippen LogP contribution is -2.30. The third-order valence-electron chi connectivity index (χ3n) is 5.60. The number of hydrogen-bond acceptors (Lipinski definition) is 4. The fourth-order valence-electron chi connectivity index (χ4n) is 3.61. The van der Waals surface area contributed by atoms with Gasteiger partial charge in [-0.25, -0.2) is 4.39 Å². The number of carbonyl (C=O) groups excluding carboxylic acids is 1. The molecule has 31 heavy (non-hydrogen) atoms. The number of nitrogens with one attached hydrogen (secondary N) is 1. The molecule has 0 saturated heterocycles. The smallest absolute Gasteiger partial charge is 0.219 e. The third kappa shape index (κ3) is 7.87. The molecule has 0 aromatic heterocycles. The Bertz CT molecular complexity index is 854. The maximum atomic E-state index is 13.4. The van der Waals surface area contributed by atoms with Crippen molar-refractivity contribution in [1.29, 1.82) is 0 Å². The molecule has 2 aromatic rings. The van der Waals surface area contributed by atoms with Gasteiger partial charge in [0.25, 0.3) is 0 Å². The molecule has 0 unspecified atom stereocenters. The van der Waals surface area contributed by atoms with E-state index in [1.165, 1.54) is 30.5 Å². The Morgan fingerprint density at radius 2 is 1.97 bits per heavy atom. The minimum absolute atomic E-state index is 0.102. The third-order valence-corrected chi connectivity index (χ3v) is 5.60. The lowest BCUT2D eigenvalue weighted by atomic mass is 10.1. The monoisotopic (exact) mass is 428 g/mol. The maximum absolute atomic E-state index is 13.4. The van der Waals surface area contributed by atoms with Crippen molar-refractivity contribution in [3.8, 4) is 11.5 Å². The first-order valence-electron chi connectivity index (χ1n) is 11.0. The van der Waals surface area contributed by atoms with Crippen LogP contribution in [0.1, 0.15) is 36.8 Å². The van der Waals surface area contributed by atoms with E-state index in [1.807, 2.05) is 18.2 Å². The second kappa shape index (κ2) is 11.7. The minimum Gasteiger partial charge on any atom is -0.493 e. The van der Waals surface area contributed by atoms with Crippen molar-refractivity contribution in [2.24, 2.45) is 5.92 Å². The average Bonchev–Trinajstić information content (AvgIpc) is 3.60. The van der Waals surface area contributed by atoms with Gasteiger partial charge in [0.1, 0.15) is 12.4 Å². The topological polar surface area (TPSA) is 50.8 Å². The van der Waals surface area contributed by atoms with Crippen molar-refractivity contribution in [2.75, 3.05) is 33.8 Å². The Kier molecular flexibility index (Phi) is 8.71. The molecule has 1 N–H and O–H groups in total. The van der Waals surface area contributed by atoms with E-state index in [0.29, 0.717) is 17.9 Å². The Labute approximate surface area is 184 Å². The molecule has 0 aliphatic heterocycles. The molecule has 3 rings (SSSR count). The van der Waals surface area contributed by atoms with E-state index < -0.39 is 0 Å². The Morgan fingerprint density at radius 3 is 2.68 bits per heavy atom. The van der Waals surface area contributed by atoms with E-state index >= 15 is 0 Å². The Hall–Kier alpha value is -2.60. The lowest BCUT2D eigenvalue weighted by Gasteiger charge is -2.22. The summed E-state index contributed by atoms with van der Waals surface area (Å²) in [5.74, 6) is 1.98. The van der Waals surface area contributed by atoms with Crippen molar-refractivity contribution in [3.63, 3.8) is 0 Å². The van der Waals surface area contributed by atoms with Crippen LogP contribution < -0.4 is 14.8 Å². The van der Waals surface area contributed by atoms with Gasteiger partial charge in [-0.3, -0.25) is 4.79 Å². The zero-order valence-corrected chi connectivity index (χ0v) is 18.5. The average molecular weight is 429 g/mol. The summed E-state index contributed by atoms with van der Waals surface area (Å²) in [5.41, 5.74) is 1.96. The van der Waals surface area contributed by atoms with Gasteiger partial charge in [0.15, 0.2) is 11.5 Å². The number of nitrogens with zero attached hydrogens (tertiary/aromatic N) is 1. The van der Waals surface area contributed by atoms with E-state index in [4.69, 9.17) is 9.47 Å². The highest BCUT2D eigenvalue weighted by Gasteiger charge is 2.24. The second-order valence-electron chi connectivity index (χ2n) is 8.17. The summed E-state index contributed by atoms with van der Waals surface area (Å²) in [5, 5.41) is 2.69. The lowest BCUT2D eigenvalue weighted by molar-refractivity contribution is -0.120. The number of hydrogen-bond donors (Lipinski definition) is 1. The van der Waals surface area contributed by atoms with Crippen molar-refractivity contribution in [1.82, 2.24) is 10.2 Å². The molecule has 0 radical (unpaired) electrons. The van der Waals surface area contributed by atoms with Crippen LogP contribution in [0.4, 0.5) is 4.39 Å². The molecule has 168 valence electrons. The van der Waals surface area contributed by atoms with Gasteiger partial charge < -0.3 is 19.7 Å². The van der Waals surface area contributed by atoms with Crippen molar-refractivity contribution < 1.29 is 18.7 Å². The molecule has 0 bridgehead atoms. The minimum atomic E-state index is -0.269. The number of amides is 1. The van der Waals surface area contributed by atoms with Gasteiger partial charge in [-0.15, -0.1) is 0 Å². The number of rotatable bonds is 13. The molecule has 1 fully saturated rings. The number of methoxy groups -OCH3 is 1. The van der Waals surface area contributed by atoms with Crippen LogP contribution in [0.15, 0.2) is 42.5 Å². The molecule has 1 aliphatic rings. The molecule has 1 amide bonds. The first-order chi connectivity index (χ1) is 15.1. The van der Waals surface area contributed by atoms with Gasteiger partial charge in [-0.1, -0.05) is 18.2 Å². The fraction of sp³-hybridized carbons (Fsp3) is 0.480. The van der Waals surface area contributed by atoms with Crippen molar-refractivity contribution in [2.45, 2.75) is 38.7 Å². The summed E-state index contributed by atoms with van der Waals surface area (Å²) in [4.78, 5) is 14.0.